The number of likely N-dealkylation sites (tertiary alicyclic amines) is 1. The van der Waals surface area contributed by atoms with Crippen molar-refractivity contribution in [3.8, 4) is 0 Å². The Morgan fingerprint density at radius 3 is 2.68 bits per heavy atom. The van der Waals surface area contributed by atoms with Gasteiger partial charge in [0.05, 0.1) is 0 Å². The van der Waals surface area contributed by atoms with Crippen molar-refractivity contribution in [3.05, 3.63) is 6.33 Å². The molecule has 3 heterocycles. The number of hydrogen-bond acceptors (Lipinski definition) is 6. The molecule has 1 aromatic rings. The van der Waals surface area contributed by atoms with E-state index in [1.807, 2.05) is 4.90 Å². The van der Waals surface area contributed by atoms with Gasteiger partial charge in [0.15, 0.2) is 0 Å². The predicted molar refractivity (Wildman–Crippen MR) is 80.4 cm³/mol. The van der Waals surface area contributed by atoms with Crippen molar-refractivity contribution < 1.29 is 4.79 Å². The van der Waals surface area contributed by atoms with E-state index < -0.39 is 0 Å². The van der Waals surface area contributed by atoms with Gasteiger partial charge in [0.2, 0.25) is 5.91 Å². The van der Waals surface area contributed by atoms with Gasteiger partial charge in [-0.15, -0.1) is 5.10 Å². The molecule has 0 saturated carbocycles. The molecular formula is C14H25N7O. The van der Waals surface area contributed by atoms with E-state index >= 15 is 0 Å². The van der Waals surface area contributed by atoms with Crippen molar-refractivity contribution in [2.45, 2.75) is 51.7 Å². The van der Waals surface area contributed by atoms with Crippen LogP contribution in [0.1, 0.15) is 33.1 Å². The zero-order chi connectivity index (χ0) is 15.5. The van der Waals surface area contributed by atoms with Crippen LogP contribution in [0, 0.1) is 11.8 Å². The van der Waals surface area contributed by atoms with Gasteiger partial charge in [-0.2, -0.15) is 0 Å². The van der Waals surface area contributed by atoms with Crippen molar-refractivity contribution in [1.82, 2.24) is 36.0 Å². The maximum absolute atomic E-state index is 12.2. The van der Waals surface area contributed by atoms with Gasteiger partial charge in [0, 0.05) is 25.2 Å². The van der Waals surface area contributed by atoms with Crippen molar-refractivity contribution in [2.75, 3.05) is 13.1 Å². The van der Waals surface area contributed by atoms with Crippen LogP contribution < -0.4 is 10.9 Å². The summed E-state index contributed by atoms with van der Waals surface area (Å²) in [5, 5.41) is 10.8. The summed E-state index contributed by atoms with van der Waals surface area (Å²) in [5.74, 6) is 1.40. The summed E-state index contributed by atoms with van der Waals surface area (Å²) in [6, 6.07) is 1.09. The molecule has 2 fully saturated rings. The van der Waals surface area contributed by atoms with Crippen LogP contribution >= 0.6 is 0 Å². The molecule has 0 spiro atoms. The average molecular weight is 307 g/mol. The summed E-state index contributed by atoms with van der Waals surface area (Å²) < 4.78 is 1.48. The van der Waals surface area contributed by atoms with Crippen LogP contribution in [0.15, 0.2) is 6.33 Å². The molecule has 2 saturated heterocycles. The Balaban J connectivity index is 1.45. The predicted octanol–water partition coefficient (Wildman–Crippen LogP) is -0.197. The minimum Gasteiger partial charge on any atom is -0.341 e. The molecule has 2 unspecified atom stereocenters. The topological polar surface area (TPSA) is 88.0 Å². The number of amides is 1. The average Bonchev–Trinajstić information content (AvgIpc) is 3.18. The zero-order valence-electron chi connectivity index (χ0n) is 13.3. The lowest BCUT2D eigenvalue weighted by molar-refractivity contribution is -0.133. The fraction of sp³-hybridized carbons (Fsp3) is 0.857. The lowest BCUT2D eigenvalue weighted by Crippen LogP contribution is -2.45. The minimum absolute atomic E-state index is 0.100. The second-order valence-electron chi connectivity index (χ2n) is 6.71. The monoisotopic (exact) mass is 307 g/mol. The van der Waals surface area contributed by atoms with Crippen molar-refractivity contribution in [3.63, 3.8) is 0 Å². The fourth-order valence-corrected chi connectivity index (χ4v) is 3.40. The lowest BCUT2D eigenvalue weighted by atomic mass is 9.85. The first-order valence-corrected chi connectivity index (χ1v) is 8.13. The van der Waals surface area contributed by atoms with Crippen molar-refractivity contribution in [2.24, 2.45) is 11.8 Å². The summed E-state index contributed by atoms with van der Waals surface area (Å²) in [4.78, 5) is 14.1. The Kier molecular flexibility index (Phi) is 4.68. The SMILES string of the molecule is CC(C)C1CC(C2CCN(C(=O)Cn3cnnn3)CC2)NN1. The molecule has 122 valence electrons. The quantitative estimate of drug-likeness (QED) is 0.801. The van der Waals surface area contributed by atoms with Gasteiger partial charge >= 0.3 is 0 Å². The van der Waals surface area contributed by atoms with Crippen LogP contribution in [0.25, 0.3) is 0 Å². The number of hydrogen-bond donors (Lipinski definition) is 2. The molecular weight excluding hydrogens is 282 g/mol. The highest BCUT2D eigenvalue weighted by atomic mass is 16.2. The minimum atomic E-state index is 0.100. The molecule has 22 heavy (non-hydrogen) atoms. The third kappa shape index (κ3) is 3.44. The molecule has 0 bridgehead atoms. The van der Waals surface area contributed by atoms with E-state index in [2.05, 4.69) is 40.2 Å². The van der Waals surface area contributed by atoms with Gasteiger partial charge in [-0.3, -0.25) is 15.6 Å². The van der Waals surface area contributed by atoms with E-state index in [9.17, 15) is 4.79 Å². The first kappa shape index (κ1) is 15.4. The highest BCUT2D eigenvalue weighted by Gasteiger charge is 2.34. The number of carbonyl (C=O) groups is 1. The molecule has 0 radical (unpaired) electrons. The van der Waals surface area contributed by atoms with E-state index in [0.29, 0.717) is 23.9 Å². The molecule has 2 aliphatic heterocycles. The van der Waals surface area contributed by atoms with Crippen molar-refractivity contribution >= 4 is 5.91 Å². The molecule has 8 heteroatoms. The van der Waals surface area contributed by atoms with Gasteiger partial charge in [-0.1, -0.05) is 13.8 Å². The van der Waals surface area contributed by atoms with E-state index in [0.717, 1.165) is 25.9 Å². The van der Waals surface area contributed by atoms with E-state index in [1.165, 1.54) is 17.4 Å². The lowest BCUT2D eigenvalue weighted by Gasteiger charge is -2.34. The molecule has 1 amide bonds. The number of piperidine rings is 1. The number of aromatic nitrogens is 4. The number of nitrogens with zero attached hydrogens (tertiary/aromatic N) is 5. The van der Waals surface area contributed by atoms with Crippen molar-refractivity contribution in [1.29, 1.82) is 0 Å². The zero-order valence-corrected chi connectivity index (χ0v) is 13.3. The second-order valence-corrected chi connectivity index (χ2v) is 6.71. The van der Waals surface area contributed by atoms with Crippen LogP contribution in [0.2, 0.25) is 0 Å². The van der Waals surface area contributed by atoms with Crippen LogP contribution in [0.5, 0.6) is 0 Å². The summed E-state index contributed by atoms with van der Waals surface area (Å²) >= 11 is 0. The first-order valence-electron chi connectivity index (χ1n) is 8.13. The Labute approximate surface area is 130 Å². The maximum Gasteiger partial charge on any atom is 0.244 e. The van der Waals surface area contributed by atoms with Gasteiger partial charge in [0.1, 0.15) is 12.9 Å². The number of carbonyl (C=O) groups excluding carboxylic acids is 1. The van der Waals surface area contributed by atoms with Crippen LogP contribution in [0.3, 0.4) is 0 Å². The number of rotatable bonds is 4. The second kappa shape index (κ2) is 6.70. The summed E-state index contributed by atoms with van der Waals surface area (Å²) in [5.41, 5.74) is 6.87. The molecule has 2 aliphatic rings. The highest BCUT2D eigenvalue weighted by Crippen LogP contribution is 2.27. The fourth-order valence-electron chi connectivity index (χ4n) is 3.40. The largest absolute Gasteiger partial charge is 0.341 e. The number of hydrazine groups is 1. The van der Waals surface area contributed by atoms with E-state index in [4.69, 9.17) is 0 Å². The Bertz CT molecular complexity index is 481. The third-order valence-electron chi connectivity index (χ3n) is 4.92. The highest BCUT2D eigenvalue weighted by molar-refractivity contribution is 5.75. The Morgan fingerprint density at radius 2 is 2.09 bits per heavy atom. The first-order chi connectivity index (χ1) is 10.6. The summed E-state index contributed by atoms with van der Waals surface area (Å²) in [6.45, 7) is 6.40. The van der Waals surface area contributed by atoms with Crippen LogP contribution in [-0.2, 0) is 11.3 Å². The van der Waals surface area contributed by atoms with E-state index in [1.54, 1.807) is 0 Å². The molecule has 2 N–H and O–H groups in total. The molecule has 0 aromatic carbocycles. The summed E-state index contributed by atoms with van der Waals surface area (Å²) in [7, 11) is 0. The molecule has 2 atom stereocenters. The Morgan fingerprint density at radius 1 is 1.32 bits per heavy atom. The van der Waals surface area contributed by atoms with Gasteiger partial charge in [0.25, 0.3) is 0 Å². The third-order valence-corrected chi connectivity index (χ3v) is 4.92. The normalized spacial score (nSPS) is 26.8. The van der Waals surface area contributed by atoms with Crippen LogP contribution in [-0.4, -0.2) is 56.2 Å². The van der Waals surface area contributed by atoms with Gasteiger partial charge < -0.3 is 4.90 Å². The standard InChI is InChI=1S/C14H25N7O/c1-10(2)12-7-13(17-16-12)11-3-5-20(6-4-11)14(22)8-21-9-15-18-19-21/h9-13,16-17H,3-8H2,1-2H3. The molecule has 8 nitrogen and oxygen atoms in total. The smallest absolute Gasteiger partial charge is 0.244 e. The number of nitrogens with one attached hydrogen (secondary N) is 2. The van der Waals surface area contributed by atoms with Crippen LogP contribution in [0.4, 0.5) is 0 Å². The molecule has 3 rings (SSSR count). The van der Waals surface area contributed by atoms with E-state index in [-0.39, 0.29) is 12.5 Å². The Hall–Kier alpha value is -1.54. The van der Waals surface area contributed by atoms with Gasteiger partial charge in [-0.25, -0.2) is 4.68 Å². The molecule has 0 aliphatic carbocycles. The maximum atomic E-state index is 12.2. The number of tetrazole rings is 1. The molecule has 1 aromatic heterocycles. The van der Waals surface area contributed by atoms with Gasteiger partial charge in [-0.05, 0) is 41.5 Å². The summed E-state index contributed by atoms with van der Waals surface area (Å²) in [6.07, 6.45) is 4.78.